The Hall–Kier alpha value is -2.87. The van der Waals surface area contributed by atoms with Gasteiger partial charge in [0.05, 0.1) is 11.0 Å². The Morgan fingerprint density at radius 3 is 2.27 bits per heavy atom. The van der Waals surface area contributed by atoms with Crippen LogP contribution >= 0.6 is 0 Å². The molecule has 4 rings (SSSR count). The van der Waals surface area contributed by atoms with E-state index in [9.17, 15) is 18.0 Å². The second kappa shape index (κ2) is 8.47. The summed E-state index contributed by atoms with van der Waals surface area (Å²) in [4.78, 5) is 30.4. The van der Waals surface area contributed by atoms with Gasteiger partial charge in [-0.1, -0.05) is 48.5 Å². The van der Waals surface area contributed by atoms with Crippen molar-refractivity contribution in [3.8, 4) is 0 Å². The fourth-order valence-corrected chi connectivity index (χ4v) is 5.87. The first-order chi connectivity index (χ1) is 14.5. The molecule has 30 heavy (non-hydrogen) atoms. The highest BCUT2D eigenvalue weighted by molar-refractivity contribution is 7.91. The molecule has 2 saturated heterocycles. The third-order valence-electron chi connectivity index (χ3n) is 5.75. The number of amides is 3. The van der Waals surface area contributed by atoms with Crippen LogP contribution in [0.1, 0.15) is 17.2 Å². The molecule has 158 valence electrons. The van der Waals surface area contributed by atoms with Crippen LogP contribution in [0.2, 0.25) is 0 Å². The third-order valence-corrected chi connectivity index (χ3v) is 7.88. The Kier molecular flexibility index (Phi) is 5.76. The fourth-order valence-electron chi connectivity index (χ4n) is 4.08. The zero-order chi connectivity index (χ0) is 21.1. The van der Waals surface area contributed by atoms with Crippen molar-refractivity contribution in [2.75, 3.05) is 43.4 Å². The summed E-state index contributed by atoms with van der Waals surface area (Å²) in [5.41, 5.74) is 1.57. The molecular formula is C22H25N3O4S. The molecule has 7 nitrogen and oxygen atoms in total. The Morgan fingerprint density at radius 1 is 0.900 bits per heavy atom. The monoisotopic (exact) mass is 427 g/mol. The number of nitrogens with zero attached hydrogens (tertiary/aromatic N) is 3. The number of rotatable bonds is 4. The van der Waals surface area contributed by atoms with Gasteiger partial charge < -0.3 is 9.80 Å². The maximum absolute atomic E-state index is 12.9. The van der Waals surface area contributed by atoms with Crippen molar-refractivity contribution >= 4 is 27.5 Å². The maximum atomic E-state index is 12.9. The van der Waals surface area contributed by atoms with E-state index < -0.39 is 15.1 Å². The van der Waals surface area contributed by atoms with Crippen molar-refractivity contribution in [2.45, 2.75) is 11.7 Å². The lowest BCUT2D eigenvalue weighted by molar-refractivity contribution is -0.131. The summed E-state index contributed by atoms with van der Waals surface area (Å²) in [5, 5.41) is -0.599. The van der Waals surface area contributed by atoms with Gasteiger partial charge in [-0.2, -0.15) is 0 Å². The summed E-state index contributed by atoms with van der Waals surface area (Å²) in [6, 6.07) is 18.3. The van der Waals surface area contributed by atoms with Gasteiger partial charge in [0.1, 0.15) is 6.54 Å². The predicted molar refractivity (Wildman–Crippen MR) is 115 cm³/mol. The second-order valence-electron chi connectivity index (χ2n) is 7.63. The van der Waals surface area contributed by atoms with Crippen LogP contribution in [0.4, 0.5) is 10.5 Å². The molecule has 2 aliphatic rings. The lowest BCUT2D eigenvalue weighted by Crippen LogP contribution is -2.43. The number of hydrogen-bond donors (Lipinski definition) is 0. The van der Waals surface area contributed by atoms with Gasteiger partial charge in [0.2, 0.25) is 5.91 Å². The predicted octanol–water partition coefficient (Wildman–Crippen LogP) is 2.32. The lowest BCUT2D eigenvalue weighted by Gasteiger charge is -2.24. The van der Waals surface area contributed by atoms with E-state index in [2.05, 4.69) is 0 Å². The van der Waals surface area contributed by atoms with Crippen LogP contribution < -0.4 is 4.90 Å². The summed E-state index contributed by atoms with van der Waals surface area (Å²) < 4.78 is 25.5. The Bertz CT molecular complexity index is 1010. The molecule has 0 spiro atoms. The van der Waals surface area contributed by atoms with E-state index in [1.165, 1.54) is 4.90 Å². The van der Waals surface area contributed by atoms with Gasteiger partial charge in [-0.15, -0.1) is 0 Å². The number of hydrogen-bond acceptors (Lipinski definition) is 4. The first-order valence-electron chi connectivity index (χ1n) is 10.1. The molecule has 0 bridgehead atoms. The summed E-state index contributed by atoms with van der Waals surface area (Å²) >= 11 is 0. The van der Waals surface area contributed by atoms with Crippen molar-refractivity contribution in [2.24, 2.45) is 0 Å². The molecule has 8 heteroatoms. The Balaban J connectivity index is 1.40. The van der Waals surface area contributed by atoms with E-state index in [4.69, 9.17) is 0 Å². The molecule has 0 radical (unpaired) electrons. The second-order valence-corrected chi connectivity index (χ2v) is 9.93. The summed E-state index contributed by atoms with van der Waals surface area (Å²) in [6.07, 6.45) is 0.363. The number of sulfone groups is 1. The largest absolute Gasteiger partial charge is 0.340 e. The molecule has 2 fully saturated rings. The molecule has 2 aliphatic heterocycles. The highest BCUT2D eigenvalue weighted by atomic mass is 32.2. The Morgan fingerprint density at radius 2 is 1.57 bits per heavy atom. The number of urea groups is 1. The highest BCUT2D eigenvalue weighted by Gasteiger charge is 2.35. The molecule has 2 aromatic carbocycles. The normalized spacial score (nSPS) is 21.5. The van der Waals surface area contributed by atoms with Gasteiger partial charge in [0, 0.05) is 31.9 Å². The van der Waals surface area contributed by atoms with Crippen molar-refractivity contribution in [3.05, 3.63) is 66.2 Å². The van der Waals surface area contributed by atoms with Crippen LogP contribution in [0.15, 0.2) is 60.7 Å². The first-order valence-corrected chi connectivity index (χ1v) is 11.8. The molecule has 1 atom stereocenters. The van der Waals surface area contributed by atoms with Gasteiger partial charge in [-0.3, -0.25) is 9.69 Å². The first kappa shape index (κ1) is 20.4. The maximum Gasteiger partial charge on any atom is 0.325 e. The minimum absolute atomic E-state index is 0.0295. The van der Waals surface area contributed by atoms with Crippen molar-refractivity contribution < 1.29 is 18.0 Å². The molecule has 2 aromatic rings. The standard InChI is InChI=1S/C22H25N3O4S/c26-21(17-24-13-14-25(22(24)27)19-9-5-2-6-10-19)23-12-11-20(30(28,29)16-15-23)18-7-3-1-4-8-18/h1-10,20H,11-17H2. The van der Waals surface area contributed by atoms with Crippen molar-refractivity contribution in [1.29, 1.82) is 0 Å². The summed E-state index contributed by atoms with van der Waals surface area (Å²) in [5.74, 6) is -0.273. The van der Waals surface area contributed by atoms with Crippen LogP contribution in [-0.4, -0.2) is 68.6 Å². The third kappa shape index (κ3) is 4.18. The summed E-state index contributed by atoms with van der Waals surface area (Å²) in [7, 11) is -3.34. The van der Waals surface area contributed by atoms with Gasteiger partial charge in [-0.05, 0) is 24.1 Å². The quantitative estimate of drug-likeness (QED) is 0.750. The van der Waals surface area contributed by atoms with Crippen molar-refractivity contribution in [1.82, 2.24) is 9.80 Å². The highest BCUT2D eigenvalue weighted by Crippen LogP contribution is 2.29. The van der Waals surface area contributed by atoms with Gasteiger partial charge in [-0.25, -0.2) is 13.2 Å². The number of benzene rings is 2. The molecule has 0 aliphatic carbocycles. The number of carbonyl (C=O) groups is 2. The average Bonchev–Trinajstić information content (AvgIpc) is 3.02. The molecule has 0 N–H and O–H groups in total. The smallest absolute Gasteiger partial charge is 0.325 e. The van der Waals surface area contributed by atoms with E-state index in [0.717, 1.165) is 11.3 Å². The minimum Gasteiger partial charge on any atom is -0.340 e. The molecular weight excluding hydrogens is 402 g/mol. The van der Waals surface area contributed by atoms with E-state index in [-0.39, 0.29) is 30.8 Å². The zero-order valence-corrected chi connectivity index (χ0v) is 17.5. The van der Waals surface area contributed by atoms with E-state index >= 15 is 0 Å². The number of carbonyl (C=O) groups excluding carboxylic acids is 2. The average molecular weight is 428 g/mol. The van der Waals surface area contributed by atoms with Gasteiger partial charge >= 0.3 is 6.03 Å². The van der Waals surface area contributed by atoms with Crippen LogP contribution in [-0.2, 0) is 14.6 Å². The van der Waals surface area contributed by atoms with E-state index in [1.807, 2.05) is 60.7 Å². The zero-order valence-electron chi connectivity index (χ0n) is 16.7. The van der Waals surface area contributed by atoms with Crippen LogP contribution in [0.3, 0.4) is 0 Å². The number of anilines is 1. The Labute approximate surface area is 176 Å². The minimum atomic E-state index is -3.34. The van der Waals surface area contributed by atoms with Crippen LogP contribution in [0, 0.1) is 0 Å². The molecule has 1 unspecified atom stereocenters. The van der Waals surface area contributed by atoms with E-state index in [0.29, 0.717) is 26.1 Å². The van der Waals surface area contributed by atoms with Gasteiger partial charge in [0.15, 0.2) is 9.84 Å². The van der Waals surface area contributed by atoms with Crippen molar-refractivity contribution in [3.63, 3.8) is 0 Å². The lowest BCUT2D eigenvalue weighted by atomic mass is 10.1. The molecule has 0 saturated carbocycles. The van der Waals surface area contributed by atoms with E-state index in [1.54, 1.807) is 9.80 Å². The topological polar surface area (TPSA) is 78.0 Å². The van der Waals surface area contributed by atoms with Gasteiger partial charge in [0.25, 0.3) is 0 Å². The molecule has 0 aromatic heterocycles. The summed E-state index contributed by atoms with van der Waals surface area (Å²) in [6.45, 7) is 1.49. The molecule has 2 heterocycles. The fraction of sp³-hybridized carbons (Fsp3) is 0.364. The van der Waals surface area contributed by atoms with Crippen LogP contribution in [0.25, 0.3) is 0 Å². The SMILES string of the molecule is O=C(CN1CCN(c2ccccc2)C1=O)N1CCC(c2ccccc2)S(=O)(=O)CC1. The van der Waals surface area contributed by atoms with Crippen LogP contribution in [0.5, 0.6) is 0 Å². The number of para-hydroxylation sites is 1. The molecule has 3 amide bonds.